The average molecular weight is 242 g/mol. The molecule has 1 amide bonds. The van der Waals surface area contributed by atoms with E-state index in [-0.39, 0.29) is 18.2 Å². The fourth-order valence-electron chi connectivity index (χ4n) is 2.28. The molecule has 1 fully saturated rings. The van der Waals surface area contributed by atoms with Crippen molar-refractivity contribution in [3.63, 3.8) is 0 Å². The maximum atomic E-state index is 12.4. The second-order valence-corrected chi connectivity index (χ2v) is 5.14. The first kappa shape index (κ1) is 14.5. The summed E-state index contributed by atoms with van der Waals surface area (Å²) in [5, 5.41) is 3.47. The van der Waals surface area contributed by atoms with Crippen LogP contribution in [0.5, 0.6) is 0 Å². The molecule has 3 unspecified atom stereocenters. The summed E-state index contributed by atoms with van der Waals surface area (Å²) in [6.07, 6.45) is 3.14. The van der Waals surface area contributed by atoms with E-state index in [1.54, 1.807) is 7.11 Å². The van der Waals surface area contributed by atoms with Gasteiger partial charge in [-0.05, 0) is 26.7 Å². The molecule has 1 rings (SSSR count). The first-order valence-electron chi connectivity index (χ1n) is 6.60. The summed E-state index contributed by atoms with van der Waals surface area (Å²) in [5.41, 5.74) is -0.396. The van der Waals surface area contributed by atoms with E-state index in [1.165, 1.54) is 0 Å². The van der Waals surface area contributed by atoms with E-state index in [9.17, 15) is 4.79 Å². The number of hydrogen-bond acceptors (Lipinski definition) is 3. The highest BCUT2D eigenvalue weighted by Gasteiger charge is 2.46. The molecular weight excluding hydrogens is 216 g/mol. The van der Waals surface area contributed by atoms with E-state index in [0.717, 1.165) is 19.3 Å². The summed E-state index contributed by atoms with van der Waals surface area (Å²) >= 11 is 0. The Morgan fingerprint density at radius 3 is 2.65 bits per heavy atom. The molecule has 0 aromatic rings. The van der Waals surface area contributed by atoms with Crippen LogP contribution in [0, 0.1) is 0 Å². The van der Waals surface area contributed by atoms with Gasteiger partial charge in [-0.25, -0.2) is 0 Å². The molecule has 0 spiro atoms. The van der Waals surface area contributed by atoms with Gasteiger partial charge in [-0.3, -0.25) is 10.1 Å². The summed E-state index contributed by atoms with van der Waals surface area (Å²) in [4.78, 5) is 14.3. The number of methoxy groups -OCH3 is 1. The second-order valence-electron chi connectivity index (χ2n) is 5.14. The molecule has 1 heterocycles. The van der Waals surface area contributed by atoms with Gasteiger partial charge in [0, 0.05) is 13.7 Å². The molecule has 0 aromatic carbocycles. The lowest BCUT2D eigenvalue weighted by molar-refractivity contribution is -0.134. The topological polar surface area (TPSA) is 41.6 Å². The number of amides is 1. The largest absolute Gasteiger partial charge is 0.380 e. The number of rotatable bonds is 6. The maximum absolute atomic E-state index is 12.4. The maximum Gasteiger partial charge on any atom is 0.243 e. The third kappa shape index (κ3) is 2.99. The lowest BCUT2D eigenvalue weighted by Gasteiger charge is -2.26. The summed E-state index contributed by atoms with van der Waals surface area (Å²) < 4.78 is 5.27. The zero-order valence-corrected chi connectivity index (χ0v) is 11.7. The fourth-order valence-corrected chi connectivity index (χ4v) is 2.28. The Bertz CT molecular complexity index is 270. The van der Waals surface area contributed by atoms with Gasteiger partial charge in [0.1, 0.15) is 0 Å². The number of carbonyl (C=O) groups excluding carboxylic acids is 1. The van der Waals surface area contributed by atoms with Crippen molar-refractivity contribution in [3.8, 4) is 0 Å². The second kappa shape index (κ2) is 5.83. The summed E-state index contributed by atoms with van der Waals surface area (Å²) in [7, 11) is 1.69. The Hall–Kier alpha value is -0.610. The van der Waals surface area contributed by atoms with Crippen LogP contribution in [0.15, 0.2) is 0 Å². The van der Waals surface area contributed by atoms with Crippen LogP contribution in [0.25, 0.3) is 0 Å². The van der Waals surface area contributed by atoms with Crippen LogP contribution in [0.1, 0.15) is 47.0 Å². The third-order valence-corrected chi connectivity index (χ3v) is 3.72. The van der Waals surface area contributed by atoms with Crippen molar-refractivity contribution in [2.75, 3.05) is 13.7 Å². The standard InChI is InChI=1S/C13H26N2O2/c1-6-8-11-14-13(4,7-2)12(16)15(11)9-10(3)17-5/h10-11,14H,6-9H2,1-5H3. The van der Waals surface area contributed by atoms with Gasteiger partial charge in [0.15, 0.2) is 0 Å². The van der Waals surface area contributed by atoms with Gasteiger partial charge in [-0.15, -0.1) is 0 Å². The predicted molar refractivity (Wildman–Crippen MR) is 68.7 cm³/mol. The lowest BCUT2D eigenvalue weighted by Crippen LogP contribution is -2.43. The number of nitrogens with zero attached hydrogens (tertiary/aromatic N) is 1. The van der Waals surface area contributed by atoms with E-state index in [4.69, 9.17) is 4.74 Å². The van der Waals surface area contributed by atoms with E-state index in [0.29, 0.717) is 6.54 Å². The SMILES string of the molecule is CCCC1NC(C)(CC)C(=O)N1CC(C)OC. The van der Waals surface area contributed by atoms with Crippen molar-refractivity contribution in [2.45, 2.75) is 64.8 Å². The van der Waals surface area contributed by atoms with Crippen molar-refractivity contribution in [1.82, 2.24) is 10.2 Å². The predicted octanol–water partition coefficient (Wildman–Crippen LogP) is 1.75. The molecule has 17 heavy (non-hydrogen) atoms. The molecule has 100 valence electrons. The molecule has 0 aromatic heterocycles. The van der Waals surface area contributed by atoms with Crippen molar-refractivity contribution < 1.29 is 9.53 Å². The molecule has 0 radical (unpaired) electrons. The number of carbonyl (C=O) groups is 1. The van der Waals surface area contributed by atoms with E-state index in [2.05, 4.69) is 19.2 Å². The zero-order valence-electron chi connectivity index (χ0n) is 11.7. The van der Waals surface area contributed by atoms with Crippen molar-refractivity contribution in [2.24, 2.45) is 0 Å². The van der Waals surface area contributed by atoms with Gasteiger partial charge in [0.25, 0.3) is 0 Å². The van der Waals surface area contributed by atoms with Crippen LogP contribution in [0.2, 0.25) is 0 Å². The molecule has 1 aliphatic rings. The molecular formula is C13H26N2O2. The molecule has 4 heteroatoms. The highest BCUT2D eigenvalue weighted by molar-refractivity contribution is 5.88. The number of nitrogens with one attached hydrogen (secondary N) is 1. The molecule has 1 aliphatic heterocycles. The van der Waals surface area contributed by atoms with Gasteiger partial charge in [0.2, 0.25) is 5.91 Å². The molecule has 0 bridgehead atoms. The van der Waals surface area contributed by atoms with Gasteiger partial charge in [0.05, 0.1) is 17.8 Å². The van der Waals surface area contributed by atoms with Crippen LogP contribution < -0.4 is 5.32 Å². The molecule has 1 N–H and O–H groups in total. The van der Waals surface area contributed by atoms with Crippen molar-refractivity contribution in [1.29, 1.82) is 0 Å². The minimum Gasteiger partial charge on any atom is -0.380 e. The number of ether oxygens (including phenoxy) is 1. The molecule has 0 aliphatic carbocycles. The summed E-state index contributed by atoms with van der Waals surface area (Å²) in [6, 6.07) is 0. The zero-order chi connectivity index (χ0) is 13.1. The van der Waals surface area contributed by atoms with Crippen LogP contribution in [-0.4, -0.2) is 42.3 Å². The lowest BCUT2D eigenvalue weighted by atomic mass is 9.99. The Morgan fingerprint density at radius 2 is 2.18 bits per heavy atom. The Kier molecular flexibility index (Phi) is 4.95. The number of hydrogen-bond donors (Lipinski definition) is 1. The average Bonchev–Trinajstić information content (AvgIpc) is 2.55. The first-order valence-corrected chi connectivity index (χ1v) is 6.60. The minimum absolute atomic E-state index is 0.0827. The molecule has 0 saturated carbocycles. The summed E-state index contributed by atoms with van der Waals surface area (Å²) in [6.45, 7) is 8.86. The van der Waals surface area contributed by atoms with Crippen LogP contribution in [0.3, 0.4) is 0 Å². The third-order valence-electron chi connectivity index (χ3n) is 3.72. The van der Waals surface area contributed by atoms with Crippen molar-refractivity contribution >= 4 is 5.91 Å². The van der Waals surface area contributed by atoms with Gasteiger partial charge in [-0.1, -0.05) is 20.3 Å². The highest BCUT2D eigenvalue weighted by Crippen LogP contribution is 2.26. The van der Waals surface area contributed by atoms with Gasteiger partial charge in [-0.2, -0.15) is 0 Å². The Balaban J connectivity index is 2.79. The smallest absolute Gasteiger partial charge is 0.243 e. The van der Waals surface area contributed by atoms with E-state index < -0.39 is 5.54 Å². The summed E-state index contributed by atoms with van der Waals surface area (Å²) in [5.74, 6) is 0.211. The van der Waals surface area contributed by atoms with E-state index in [1.807, 2.05) is 18.7 Å². The minimum atomic E-state index is -0.396. The van der Waals surface area contributed by atoms with Gasteiger partial charge >= 0.3 is 0 Å². The molecule has 1 saturated heterocycles. The van der Waals surface area contributed by atoms with Crippen LogP contribution in [-0.2, 0) is 9.53 Å². The van der Waals surface area contributed by atoms with Crippen LogP contribution in [0.4, 0.5) is 0 Å². The van der Waals surface area contributed by atoms with Gasteiger partial charge < -0.3 is 9.64 Å². The monoisotopic (exact) mass is 242 g/mol. The van der Waals surface area contributed by atoms with E-state index >= 15 is 0 Å². The van der Waals surface area contributed by atoms with Crippen LogP contribution >= 0.6 is 0 Å². The Labute approximate surface area is 105 Å². The Morgan fingerprint density at radius 1 is 1.53 bits per heavy atom. The normalized spacial score (nSPS) is 31.0. The highest BCUT2D eigenvalue weighted by atomic mass is 16.5. The molecule has 4 nitrogen and oxygen atoms in total. The first-order chi connectivity index (χ1) is 7.98. The quantitative estimate of drug-likeness (QED) is 0.771. The van der Waals surface area contributed by atoms with Crippen molar-refractivity contribution in [3.05, 3.63) is 0 Å². The molecule has 3 atom stereocenters. The fraction of sp³-hybridized carbons (Fsp3) is 0.923.